The van der Waals surface area contributed by atoms with Crippen molar-refractivity contribution < 1.29 is 0 Å². The fraction of sp³-hybridized carbons (Fsp3) is 0.133. The second-order valence-corrected chi connectivity index (χ2v) is 8.44. The minimum atomic E-state index is 0.00810. The van der Waals surface area contributed by atoms with Crippen LogP contribution in [0, 0.1) is 23.7 Å². The molecule has 0 aromatic heterocycles. The Kier molecular flexibility index (Phi) is 5.43. The number of hydrogen-bond donors (Lipinski definition) is 0. The highest BCUT2D eigenvalue weighted by molar-refractivity contribution is 5.89. The van der Waals surface area contributed by atoms with Crippen LogP contribution in [0.15, 0.2) is 91.0 Å². The Morgan fingerprint density at radius 2 is 1.03 bits per heavy atom. The monoisotopic (exact) mass is 384 g/mol. The third-order valence-electron chi connectivity index (χ3n) is 5.01. The van der Waals surface area contributed by atoms with Crippen LogP contribution in [-0.4, -0.2) is 0 Å². The normalized spacial score (nSPS) is 10.6. The molecule has 0 N–H and O–H groups in total. The maximum atomic E-state index is 3.35. The van der Waals surface area contributed by atoms with E-state index in [2.05, 4.69) is 74.8 Å². The number of rotatable bonds is 0. The number of fused-ring (bicyclic) bond motifs is 1. The lowest BCUT2D eigenvalue weighted by molar-refractivity contribution is 0.596. The molecule has 0 heterocycles. The van der Waals surface area contributed by atoms with E-state index in [9.17, 15) is 0 Å². The van der Waals surface area contributed by atoms with Crippen LogP contribution in [0.1, 0.15) is 48.6 Å². The van der Waals surface area contributed by atoms with E-state index in [0.717, 1.165) is 22.3 Å². The van der Waals surface area contributed by atoms with Gasteiger partial charge in [0, 0.05) is 22.3 Å². The second kappa shape index (κ2) is 8.32. The van der Waals surface area contributed by atoms with Crippen LogP contribution < -0.4 is 0 Å². The second-order valence-electron chi connectivity index (χ2n) is 8.44. The van der Waals surface area contributed by atoms with E-state index in [1.54, 1.807) is 0 Å². The predicted octanol–water partition coefficient (Wildman–Crippen LogP) is 6.94. The van der Waals surface area contributed by atoms with Gasteiger partial charge in [0.25, 0.3) is 0 Å². The summed E-state index contributed by atoms with van der Waals surface area (Å²) in [7, 11) is 0. The molecule has 30 heavy (non-hydrogen) atoms. The summed E-state index contributed by atoms with van der Waals surface area (Å²) in [5.74, 6) is 13.2. The van der Waals surface area contributed by atoms with E-state index >= 15 is 0 Å². The van der Waals surface area contributed by atoms with E-state index in [0.29, 0.717) is 0 Å². The fourth-order valence-corrected chi connectivity index (χ4v) is 3.46. The van der Waals surface area contributed by atoms with Gasteiger partial charge in [0.2, 0.25) is 0 Å². The molecule has 0 spiro atoms. The molecule has 0 aliphatic carbocycles. The van der Waals surface area contributed by atoms with Gasteiger partial charge in [-0.25, -0.2) is 0 Å². The molecule has 0 unspecified atom stereocenters. The Labute approximate surface area is 179 Å². The molecule has 0 nitrogen and oxygen atoms in total. The Hall–Kier alpha value is -3.74. The molecular formula is C30H24. The number of hydrogen-bond acceptors (Lipinski definition) is 0. The molecule has 4 aromatic rings. The van der Waals surface area contributed by atoms with E-state index < -0.39 is 0 Å². The van der Waals surface area contributed by atoms with Gasteiger partial charge in [0.05, 0.1) is 0 Å². The summed E-state index contributed by atoms with van der Waals surface area (Å²) < 4.78 is 0. The summed E-state index contributed by atoms with van der Waals surface area (Å²) >= 11 is 0. The zero-order chi connectivity index (χ0) is 21.0. The van der Waals surface area contributed by atoms with Gasteiger partial charge >= 0.3 is 0 Å². The molecule has 4 aromatic carbocycles. The summed E-state index contributed by atoms with van der Waals surface area (Å²) in [4.78, 5) is 0. The molecule has 0 radical (unpaired) electrons. The van der Waals surface area contributed by atoms with E-state index in [4.69, 9.17) is 0 Å². The lowest BCUT2D eigenvalue weighted by Crippen LogP contribution is -2.12. The van der Waals surface area contributed by atoms with Crippen LogP contribution >= 0.6 is 0 Å². The zero-order valence-corrected chi connectivity index (χ0v) is 17.7. The maximum absolute atomic E-state index is 3.35. The Morgan fingerprint density at radius 3 is 1.60 bits per heavy atom. The van der Waals surface area contributed by atoms with Gasteiger partial charge in [0.1, 0.15) is 0 Å². The standard InChI is InChI=1S/C30H24/c1-30(2,3)29-22-26(17-15-24-12-8-5-9-13-24)20-27-19-18-25(21-28(27)29)16-14-23-10-6-4-7-11-23/h4-13,18-22H,1-3H3. The van der Waals surface area contributed by atoms with Crippen molar-refractivity contribution in [2.45, 2.75) is 26.2 Å². The molecule has 0 saturated heterocycles. The lowest BCUT2D eigenvalue weighted by atomic mass is 9.82. The first-order chi connectivity index (χ1) is 14.5. The molecule has 0 atom stereocenters. The van der Waals surface area contributed by atoms with Gasteiger partial charge in [-0.2, -0.15) is 0 Å². The first kappa shape index (κ1) is 19.6. The van der Waals surface area contributed by atoms with Crippen molar-refractivity contribution in [2.75, 3.05) is 0 Å². The molecule has 4 rings (SSSR count). The zero-order valence-electron chi connectivity index (χ0n) is 17.7. The Morgan fingerprint density at radius 1 is 0.500 bits per heavy atom. The van der Waals surface area contributed by atoms with Crippen molar-refractivity contribution in [2.24, 2.45) is 0 Å². The molecule has 0 bridgehead atoms. The van der Waals surface area contributed by atoms with Crippen molar-refractivity contribution in [3.63, 3.8) is 0 Å². The topological polar surface area (TPSA) is 0 Å². The average molecular weight is 385 g/mol. The largest absolute Gasteiger partial charge is 0.0622 e. The SMILES string of the molecule is CC(C)(C)c1cc(C#Cc2ccccc2)cc2ccc(C#Cc3ccccc3)cc12. The van der Waals surface area contributed by atoms with Crippen molar-refractivity contribution in [1.82, 2.24) is 0 Å². The fourth-order valence-electron chi connectivity index (χ4n) is 3.46. The van der Waals surface area contributed by atoms with Crippen molar-refractivity contribution >= 4 is 10.8 Å². The van der Waals surface area contributed by atoms with E-state index in [-0.39, 0.29) is 5.41 Å². The summed E-state index contributed by atoms with van der Waals surface area (Å²) in [6, 6.07) is 31.1. The summed E-state index contributed by atoms with van der Waals surface area (Å²) in [5, 5.41) is 2.44. The van der Waals surface area contributed by atoms with Crippen LogP contribution in [0.25, 0.3) is 10.8 Å². The molecular weight excluding hydrogens is 360 g/mol. The van der Waals surface area contributed by atoms with Gasteiger partial charge in [-0.15, -0.1) is 0 Å². The third kappa shape index (κ3) is 4.63. The highest BCUT2D eigenvalue weighted by Gasteiger charge is 2.18. The lowest BCUT2D eigenvalue weighted by Gasteiger charge is -2.22. The smallest absolute Gasteiger partial charge is 0.0258 e. The van der Waals surface area contributed by atoms with Crippen LogP contribution in [0.4, 0.5) is 0 Å². The van der Waals surface area contributed by atoms with Crippen molar-refractivity contribution in [3.8, 4) is 23.7 Å². The first-order valence-electron chi connectivity index (χ1n) is 10.2. The van der Waals surface area contributed by atoms with Gasteiger partial charge in [-0.3, -0.25) is 0 Å². The summed E-state index contributed by atoms with van der Waals surface area (Å²) in [6.45, 7) is 6.75. The van der Waals surface area contributed by atoms with Gasteiger partial charge in [-0.05, 0) is 70.3 Å². The highest BCUT2D eigenvalue weighted by Crippen LogP contribution is 2.32. The Bertz CT molecular complexity index is 1300. The summed E-state index contributed by atoms with van der Waals surface area (Å²) in [5.41, 5.74) is 5.43. The molecule has 0 heteroatoms. The molecule has 0 aliphatic heterocycles. The van der Waals surface area contributed by atoms with Crippen LogP contribution in [0.5, 0.6) is 0 Å². The Balaban J connectivity index is 1.79. The number of benzene rings is 4. The van der Waals surface area contributed by atoms with Gasteiger partial charge < -0.3 is 0 Å². The van der Waals surface area contributed by atoms with Crippen molar-refractivity contribution in [3.05, 3.63) is 119 Å². The van der Waals surface area contributed by atoms with E-state index in [1.165, 1.54) is 16.3 Å². The third-order valence-corrected chi connectivity index (χ3v) is 5.01. The van der Waals surface area contributed by atoms with Crippen LogP contribution in [0.2, 0.25) is 0 Å². The molecule has 0 amide bonds. The predicted molar refractivity (Wildman–Crippen MR) is 127 cm³/mol. The van der Waals surface area contributed by atoms with Crippen LogP contribution in [-0.2, 0) is 5.41 Å². The highest BCUT2D eigenvalue weighted by atomic mass is 14.2. The maximum Gasteiger partial charge on any atom is 0.0258 e. The molecule has 0 fully saturated rings. The molecule has 0 aliphatic rings. The average Bonchev–Trinajstić information content (AvgIpc) is 2.76. The molecule has 144 valence electrons. The summed E-state index contributed by atoms with van der Waals surface area (Å²) in [6.07, 6.45) is 0. The minimum absolute atomic E-state index is 0.00810. The van der Waals surface area contributed by atoms with Gasteiger partial charge in [0.15, 0.2) is 0 Å². The quantitative estimate of drug-likeness (QED) is 0.288. The van der Waals surface area contributed by atoms with Crippen molar-refractivity contribution in [1.29, 1.82) is 0 Å². The minimum Gasteiger partial charge on any atom is -0.0622 e. The molecule has 0 saturated carbocycles. The van der Waals surface area contributed by atoms with E-state index in [1.807, 2.05) is 60.7 Å². The van der Waals surface area contributed by atoms with Gasteiger partial charge in [-0.1, -0.05) is 86.9 Å². The first-order valence-corrected chi connectivity index (χ1v) is 10.2. The van der Waals surface area contributed by atoms with Crippen LogP contribution in [0.3, 0.4) is 0 Å².